The molecule has 2 aromatic rings. The van der Waals surface area contributed by atoms with E-state index >= 15 is 0 Å². The minimum atomic E-state index is -0.104. The minimum absolute atomic E-state index is 0.104. The topological polar surface area (TPSA) is 35.2 Å². The SMILES string of the molecule is Cc1ccc(C(N)COc2cc(C(C)C)ccc2C)cc1. The van der Waals surface area contributed by atoms with Crippen LogP contribution in [0.25, 0.3) is 0 Å². The van der Waals surface area contributed by atoms with Crippen LogP contribution >= 0.6 is 0 Å². The Kier molecular flexibility index (Phi) is 5.03. The van der Waals surface area contributed by atoms with Crippen molar-refractivity contribution in [3.63, 3.8) is 0 Å². The van der Waals surface area contributed by atoms with Crippen LogP contribution in [-0.4, -0.2) is 6.61 Å². The minimum Gasteiger partial charge on any atom is -0.491 e. The van der Waals surface area contributed by atoms with Crippen LogP contribution in [0.1, 0.15) is 48.1 Å². The molecular formula is C19H25NO. The van der Waals surface area contributed by atoms with E-state index in [1.807, 2.05) is 0 Å². The molecule has 2 nitrogen and oxygen atoms in total. The fourth-order valence-corrected chi connectivity index (χ4v) is 2.22. The number of benzene rings is 2. The summed E-state index contributed by atoms with van der Waals surface area (Å²) in [5.41, 5.74) is 11.0. The Morgan fingerprint density at radius 2 is 1.57 bits per heavy atom. The zero-order chi connectivity index (χ0) is 15.4. The molecule has 0 fully saturated rings. The number of aryl methyl sites for hydroxylation is 2. The first-order valence-electron chi connectivity index (χ1n) is 7.53. The van der Waals surface area contributed by atoms with Crippen LogP contribution < -0.4 is 10.5 Å². The van der Waals surface area contributed by atoms with Gasteiger partial charge in [-0.15, -0.1) is 0 Å². The van der Waals surface area contributed by atoms with Crippen molar-refractivity contribution < 1.29 is 4.74 Å². The number of nitrogens with two attached hydrogens (primary N) is 1. The molecule has 0 aromatic heterocycles. The molecule has 0 amide bonds. The number of hydrogen-bond acceptors (Lipinski definition) is 2. The van der Waals surface area contributed by atoms with E-state index in [1.54, 1.807) is 0 Å². The van der Waals surface area contributed by atoms with Gasteiger partial charge in [0.1, 0.15) is 12.4 Å². The average Bonchev–Trinajstić information content (AvgIpc) is 2.46. The fraction of sp³-hybridized carbons (Fsp3) is 0.368. The summed E-state index contributed by atoms with van der Waals surface area (Å²) in [7, 11) is 0. The van der Waals surface area contributed by atoms with Gasteiger partial charge in [0.05, 0.1) is 6.04 Å². The van der Waals surface area contributed by atoms with Crippen molar-refractivity contribution in [3.8, 4) is 5.75 Å². The van der Waals surface area contributed by atoms with Crippen LogP contribution in [0, 0.1) is 13.8 Å². The first-order chi connectivity index (χ1) is 9.97. The summed E-state index contributed by atoms with van der Waals surface area (Å²) in [6.45, 7) is 9.01. The van der Waals surface area contributed by atoms with Gasteiger partial charge < -0.3 is 10.5 Å². The van der Waals surface area contributed by atoms with Crippen molar-refractivity contribution in [2.45, 2.75) is 39.7 Å². The Labute approximate surface area is 127 Å². The van der Waals surface area contributed by atoms with E-state index in [2.05, 4.69) is 70.2 Å². The molecule has 0 radical (unpaired) electrons. The first-order valence-corrected chi connectivity index (χ1v) is 7.53. The van der Waals surface area contributed by atoms with E-state index in [1.165, 1.54) is 11.1 Å². The van der Waals surface area contributed by atoms with Gasteiger partial charge in [-0.3, -0.25) is 0 Å². The van der Waals surface area contributed by atoms with E-state index in [4.69, 9.17) is 10.5 Å². The van der Waals surface area contributed by atoms with Gasteiger partial charge in [-0.25, -0.2) is 0 Å². The van der Waals surface area contributed by atoms with Crippen molar-refractivity contribution in [1.29, 1.82) is 0 Å². The highest BCUT2D eigenvalue weighted by molar-refractivity contribution is 5.38. The van der Waals surface area contributed by atoms with Crippen LogP contribution in [0.3, 0.4) is 0 Å². The molecule has 2 rings (SSSR count). The Balaban J connectivity index is 2.05. The van der Waals surface area contributed by atoms with Gasteiger partial charge in [-0.1, -0.05) is 55.8 Å². The van der Waals surface area contributed by atoms with Crippen molar-refractivity contribution in [3.05, 3.63) is 64.7 Å². The van der Waals surface area contributed by atoms with E-state index in [9.17, 15) is 0 Å². The molecule has 0 heterocycles. The smallest absolute Gasteiger partial charge is 0.122 e. The lowest BCUT2D eigenvalue weighted by atomic mass is 10.0. The largest absolute Gasteiger partial charge is 0.491 e. The van der Waals surface area contributed by atoms with Crippen LogP contribution in [0.15, 0.2) is 42.5 Å². The average molecular weight is 283 g/mol. The van der Waals surface area contributed by atoms with E-state index in [0.29, 0.717) is 12.5 Å². The zero-order valence-corrected chi connectivity index (χ0v) is 13.4. The summed E-state index contributed by atoms with van der Waals surface area (Å²) in [4.78, 5) is 0. The second kappa shape index (κ2) is 6.77. The van der Waals surface area contributed by atoms with Crippen LogP contribution in [0.5, 0.6) is 5.75 Å². The van der Waals surface area contributed by atoms with E-state index in [-0.39, 0.29) is 6.04 Å². The Morgan fingerprint density at radius 1 is 0.952 bits per heavy atom. The molecule has 2 aromatic carbocycles. The van der Waals surface area contributed by atoms with E-state index < -0.39 is 0 Å². The Morgan fingerprint density at radius 3 is 2.19 bits per heavy atom. The third-order valence-corrected chi connectivity index (χ3v) is 3.80. The summed E-state index contributed by atoms with van der Waals surface area (Å²) in [5.74, 6) is 1.43. The predicted octanol–water partition coefficient (Wildman–Crippen LogP) is 4.51. The van der Waals surface area contributed by atoms with Crippen LogP contribution in [-0.2, 0) is 0 Å². The predicted molar refractivity (Wildman–Crippen MR) is 88.9 cm³/mol. The molecule has 112 valence electrons. The van der Waals surface area contributed by atoms with E-state index in [0.717, 1.165) is 16.9 Å². The molecule has 2 heteroatoms. The van der Waals surface area contributed by atoms with Crippen molar-refractivity contribution >= 4 is 0 Å². The van der Waals surface area contributed by atoms with Gasteiger partial charge in [0, 0.05) is 0 Å². The van der Waals surface area contributed by atoms with Gasteiger partial charge in [-0.05, 0) is 42.5 Å². The molecule has 21 heavy (non-hydrogen) atoms. The number of rotatable bonds is 5. The summed E-state index contributed by atoms with van der Waals surface area (Å²) in [6.07, 6.45) is 0. The third-order valence-electron chi connectivity index (χ3n) is 3.80. The zero-order valence-electron chi connectivity index (χ0n) is 13.4. The molecule has 0 aliphatic heterocycles. The first kappa shape index (κ1) is 15.6. The molecule has 0 saturated heterocycles. The van der Waals surface area contributed by atoms with Crippen LogP contribution in [0.2, 0.25) is 0 Å². The molecule has 2 N–H and O–H groups in total. The highest BCUT2D eigenvalue weighted by atomic mass is 16.5. The molecule has 1 atom stereocenters. The summed E-state index contributed by atoms with van der Waals surface area (Å²) in [5, 5.41) is 0. The third kappa shape index (κ3) is 4.08. The van der Waals surface area contributed by atoms with Gasteiger partial charge in [-0.2, -0.15) is 0 Å². The van der Waals surface area contributed by atoms with Gasteiger partial charge in [0.2, 0.25) is 0 Å². The van der Waals surface area contributed by atoms with Crippen molar-refractivity contribution in [2.75, 3.05) is 6.61 Å². The molecule has 0 spiro atoms. The summed E-state index contributed by atoms with van der Waals surface area (Å²) in [6, 6.07) is 14.6. The van der Waals surface area contributed by atoms with Crippen molar-refractivity contribution in [2.24, 2.45) is 5.73 Å². The maximum atomic E-state index is 6.22. The Bertz CT molecular complexity index is 587. The second-order valence-electron chi connectivity index (χ2n) is 6.01. The molecule has 1 unspecified atom stereocenters. The number of ether oxygens (including phenoxy) is 1. The highest BCUT2D eigenvalue weighted by Crippen LogP contribution is 2.25. The fourth-order valence-electron chi connectivity index (χ4n) is 2.22. The van der Waals surface area contributed by atoms with Gasteiger partial charge in [0.25, 0.3) is 0 Å². The standard InChI is InChI=1S/C19H25NO/c1-13(2)17-10-7-15(4)19(11-17)21-12-18(20)16-8-5-14(3)6-9-16/h5-11,13,18H,12,20H2,1-4H3. The molecule has 0 aliphatic carbocycles. The van der Waals surface area contributed by atoms with Gasteiger partial charge in [0.15, 0.2) is 0 Å². The molecular weight excluding hydrogens is 258 g/mol. The monoisotopic (exact) mass is 283 g/mol. The highest BCUT2D eigenvalue weighted by Gasteiger charge is 2.09. The normalized spacial score (nSPS) is 12.5. The Hall–Kier alpha value is -1.80. The van der Waals surface area contributed by atoms with Crippen molar-refractivity contribution in [1.82, 2.24) is 0 Å². The molecule has 0 bridgehead atoms. The number of hydrogen-bond donors (Lipinski definition) is 1. The van der Waals surface area contributed by atoms with Crippen LogP contribution in [0.4, 0.5) is 0 Å². The lowest BCUT2D eigenvalue weighted by Crippen LogP contribution is -2.19. The summed E-state index contributed by atoms with van der Waals surface area (Å²) >= 11 is 0. The maximum absolute atomic E-state index is 6.22. The summed E-state index contributed by atoms with van der Waals surface area (Å²) < 4.78 is 5.95. The lowest BCUT2D eigenvalue weighted by Gasteiger charge is -2.16. The molecule has 0 saturated carbocycles. The molecule has 0 aliphatic rings. The quantitative estimate of drug-likeness (QED) is 0.876. The second-order valence-corrected chi connectivity index (χ2v) is 6.01. The lowest BCUT2D eigenvalue weighted by molar-refractivity contribution is 0.288. The van der Waals surface area contributed by atoms with Gasteiger partial charge >= 0.3 is 0 Å². The maximum Gasteiger partial charge on any atom is 0.122 e.